The van der Waals surface area contributed by atoms with Gasteiger partial charge in [-0.05, 0) is 20.3 Å². The molecule has 11 heavy (non-hydrogen) atoms. The van der Waals surface area contributed by atoms with Crippen molar-refractivity contribution in [2.24, 2.45) is 0 Å². The molecule has 0 aliphatic carbocycles. The molecule has 0 heterocycles. The van der Waals surface area contributed by atoms with E-state index in [1.165, 1.54) is 0 Å². The molecule has 0 rings (SSSR count). The van der Waals surface area contributed by atoms with Gasteiger partial charge < -0.3 is 10.6 Å². The second-order valence-corrected chi connectivity index (χ2v) is 2.98. The highest BCUT2D eigenvalue weighted by molar-refractivity contribution is 6.17. The van der Waals surface area contributed by atoms with Crippen LogP contribution in [0, 0.1) is 0 Å². The monoisotopic (exact) mass is 178 g/mol. The predicted octanol–water partition coefficient (Wildman–Crippen LogP) is 1.32. The largest absolute Gasteiger partial charge is 0.338 e. The normalized spacial score (nSPS) is 9.82. The maximum Gasteiger partial charge on any atom is 0.314 e. The van der Waals surface area contributed by atoms with Crippen LogP contribution in [-0.4, -0.2) is 24.5 Å². The number of nitrogens with one attached hydrogen (secondary N) is 2. The average molecular weight is 179 g/mol. The molecule has 2 amide bonds. The molecule has 0 spiro atoms. The highest BCUT2D eigenvalue weighted by atomic mass is 35.5. The molecule has 4 heteroatoms. The van der Waals surface area contributed by atoms with Crippen LogP contribution in [0.5, 0.6) is 0 Å². The van der Waals surface area contributed by atoms with Crippen molar-refractivity contribution in [1.29, 1.82) is 0 Å². The number of amides is 2. The number of carbonyl (C=O) groups excluding carboxylic acids is 1. The molecule has 0 fully saturated rings. The highest BCUT2D eigenvalue weighted by Crippen LogP contribution is 1.81. The van der Waals surface area contributed by atoms with E-state index < -0.39 is 0 Å². The Balaban J connectivity index is 3.23. The minimum absolute atomic E-state index is 0.120. The predicted molar refractivity (Wildman–Crippen MR) is 47.0 cm³/mol. The molecule has 0 aromatic heterocycles. The molecule has 0 radical (unpaired) electrons. The van der Waals surface area contributed by atoms with Crippen molar-refractivity contribution < 1.29 is 4.79 Å². The summed E-state index contributed by atoms with van der Waals surface area (Å²) in [6.45, 7) is 4.48. The zero-order chi connectivity index (χ0) is 8.69. The van der Waals surface area contributed by atoms with E-state index in [-0.39, 0.29) is 12.1 Å². The molecule has 0 aliphatic rings. The van der Waals surface area contributed by atoms with Crippen molar-refractivity contribution in [3.63, 3.8) is 0 Å². The molecule has 0 aromatic carbocycles. The number of halogens is 1. The summed E-state index contributed by atoms with van der Waals surface area (Å²) in [4.78, 5) is 10.9. The zero-order valence-corrected chi connectivity index (χ0v) is 7.74. The Morgan fingerprint density at radius 1 is 1.55 bits per heavy atom. The van der Waals surface area contributed by atoms with Gasteiger partial charge in [0.05, 0.1) is 0 Å². The highest BCUT2D eigenvalue weighted by Gasteiger charge is 1.99. The number of urea groups is 1. The quantitative estimate of drug-likeness (QED) is 0.495. The fraction of sp³-hybridized carbons (Fsp3) is 0.857. The first-order chi connectivity index (χ1) is 5.16. The van der Waals surface area contributed by atoms with Crippen molar-refractivity contribution in [2.45, 2.75) is 26.3 Å². The van der Waals surface area contributed by atoms with Gasteiger partial charge in [0, 0.05) is 18.5 Å². The lowest BCUT2D eigenvalue weighted by atomic mass is 10.4. The molecule has 3 nitrogen and oxygen atoms in total. The number of rotatable bonds is 4. The van der Waals surface area contributed by atoms with E-state index in [9.17, 15) is 4.79 Å². The smallest absolute Gasteiger partial charge is 0.314 e. The first kappa shape index (κ1) is 10.6. The van der Waals surface area contributed by atoms with E-state index in [0.717, 1.165) is 6.42 Å². The van der Waals surface area contributed by atoms with Crippen LogP contribution in [0.4, 0.5) is 4.79 Å². The van der Waals surface area contributed by atoms with Crippen LogP contribution >= 0.6 is 11.6 Å². The Morgan fingerprint density at radius 2 is 2.18 bits per heavy atom. The van der Waals surface area contributed by atoms with Gasteiger partial charge in [-0.25, -0.2) is 4.79 Å². The molecule has 0 bridgehead atoms. The van der Waals surface area contributed by atoms with Crippen LogP contribution in [-0.2, 0) is 0 Å². The van der Waals surface area contributed by atoms with Gasteiger partial charge in [0.1, 0.15) is 0 Å². The van der Waals surface area contributed by atoms with E-state index in [0.29, 0.717) is 12.4 Å². The second kappa shape index (κ2) is 6.28. The van der Waals surface area contributed by atoms with Crippen molar-refractivity contribution >= 4 is 17.6 Å². The van der Waals surface area contributed by atoms with Crippen molar-refractivity contribution in [3.8, 4) is 0 Å². The van der Waals surface area contributed by atoms with Gasteiger partial charge in [0.2, 0.25) is 0 Å². The molecule has 0 aromatic rings. The summed E-state index contributed by atoms with van der Waals surface area (Å²) < 4.78 is 0. The van der Waals surface area contributed by atoms with E-state index in [4.69, 9.17) is 11.6 Å². The molecule has 2 N–H and O–H groups in total. The van der Waals surface area contributed by atoms with Gasteiger partial charge >= 0.3 is 6.03 Å². The standard InChI is InChI=1S/C7H15ClN2O/c1-6(2)10-7(11)9-5-3-4-8/h6H,3-5H2,1-2H3,(H2,9,10,11). The summed E-state index contributed by atoms with van der Waals surface area (Å²) in [6, 6.07) is 0.0659. The van der Waals surface area contributed by atoms with Gasteiger partial charge in [-0.2, -0.15) is 0 Å². The fourth-order valence-corrected chi connectivity index (χ4v) is 0.716. The number of alkyl halides is 1. The van der Waals surface area contributed by atoms with Gasteiger partial charge in [0.15, 0.2) is 0 Å². The average Bonchev–Trinajstić information content (AvgIpc) is 1.86. The SMILES string of the molecule is CC(C)NC(=O)NCCCCl. The van der Waals surface area contributed by atoms with Gasteiger partial charge in [-0.15, -0.1) is 11.6 Å². The summed E-state index contributed by atoms with van der Waals surface area (Å²) in [5.41, 5.74) is 0. The van der Waals surface area contributed by atoms with Crippen molar-refractivity contribution in [1.82, 2.24) is 10.6 Å². The summed E-state index contributed by atoms with van der Waals surface area (Å²) >= 11 is 5.42. The van der Waals surface area contributed by atoms with E-state index in [1.54, 1.807) is 0 Å². The summed E-state index contributed by atoms with van der Waals surface area (Å²) in [7, 11) is 0. The van der Waals surface area contributed by atoms with Gasteiger partial charge in [-0.1, -0.05) is 0 Å². The third-order valence-electron chi connectivity index (χ3n) is 1.02. The van der Waals surface area contributed by atoms with Crippen LogP contribution in [0.25, 0.3) is 0 Å². The number of hydrogen-bond acceptors (Lipinski definition) is 1. The first-order valence-corrected chi connectivity index (χ1v) is 4.30. The zero-order valence-electron chi connectivity index (χ0n) is 6.98. The van der Waals surface area contributed by atoms with Crippen LogP contribution in [0.3, 0.4) is 0 Å². The minimum Gasteiger partial charge on any atom is -0.338 e. The maximum atomic E-state index is 10.9. The van der Waals surface area contributed by atoms with Crippen LogP contribution < -0.4 is 10.6 Å². The topological polar surface area (TPSA) is 41.1 Å². The fourth-order valence-electron chi connectivity index (χ4n) is 0.582. The Labute approximate surface area is 72.5 Å². The van der Waals surface area contributed by atoms with Gasteiger partial charge in [-0.3, -0.25) is 0 Å². The molecule has 66 valence electrons. The number of carbonyl (C=O) groups is 1. The summed E-state index contributed by atoms with van der Waals surface area (Å²) in [5, 5.41) is 5.39. The van der Waals surface area contributed by atoms with Crippen molar-refractivity contribution in [3.05, 3.63) is 0 Å². The Kier molecular flexibility index (Phi) is 6.03. The molecular weight excluding hydrogens is 164 g/mol. The molecule has 0 atom stereocenters. The van der Waals surface area contributed by atoms with E-state index in [1.807, 2.05) is 13.8 Å². The van der Waals surface area contributed by atoms with Crippen LogP contribution in [0.2, 0.25) is 0 Å². The van der Waals surface area contributed by atoms with E-state index >= 15 is 0 Å². The summed E-state index contributed by atoms with van der Waals surface area (Å²) in [5.74, 6) is 0.585. The Hall–Kier alpha value is -0.440. The number of hydrogen-bond donors (Lipinski definition) is 2. The van der Waals surface area contributed by atoms with Crippen LogP contribution in [0.1, 0.15) is 20.3 Å². The third-order valence-corrected chi connectivity index (χ3v) is 1.28. The maximum absolute atomic E-state index is 10.9. The lowest BCUT2D eigenvalue weighted by Gasteiger charge is -2.08. The second-order valence-electron chi connectivity index (χ2n) is 2.60. The van der Waals surface area contributed by atoms with E-state index in [2.05, 4.69) is 10.6 Å². The van der Waals surface area contributed by atoms with Crippen LogP contribution in [0.15, 0.2) is 0 Å². The summed E-state index contributed by atoms with van der Waals surface area (Å²) in [6.07, 6.45) is 0.813. The minimum atomic E-state index is -0.120. The Morgan fingerprint density at radius 3 is 2.64 bits per heavy atom. The Bertz CT molecular complexity index is 117. The molecule has 0 unspecified atom stereocenters. The molecule has 0 saturated heterocycles. The lowest BCUT2D eigenvalue weighted by Crippen LogP contribution is -2.39. The lowest BCUT2D eigenvalue weighted by molar-refractivity contribution is 0.238. The molecule has 0 aliphatic heterocycles. The molecule has 0 saturated carbocycles. The van der Waals surface area contributed by atoms with Gasteiger partial charge in [0.25, 0.3) is 0 Å². The molecular formula is C7H15ClN2O. The third kappa shape index (κ3) is 7.46. The van der Waals surface area contributed by atoms with Crippen molar-refractivity contribution in [2.75, 3.05) is 12.4 Å². The first-order valence-electron chi connectivity index (χ1n) is 3.77.